The number of aliphatic hydroxyl groups is 1. The largest absolute Gasteiger partial charge is 0.388 e. The highest BCUT2D eigenvalue weighted by molar-refractivity contribution is 9.10. The van der Waals surface area contributed by atoms with Gasteiger partial charge in [0.1, 0.15) is 0 Å². The maximum absolute atomic E-state index is 9.98. The number of hydrogen-bond acceptors (Lipinski definition) is 3. The van der Waals surface area contributed by atoms with Gasteiger partial charge in [0.05, 0.1) is 11.8 Å². The Bertz CT molecular complexity index is 466. The molecule has 1 aromatic heterocycles. The smallest absolute Gasteiger partial charge is 0.0856 e. The van der Waals surface area contributed by atoms with Gasteiger partial charge in [-0.1, -0.05) is 33.3 Å². The van der Waals surface area contributed by atoms with Crippen LogP contribution in [0.4, 0.5) is 0 Å². The lowest BCUT2D eigenvalue weighted by Crippen LogP contribution is -2.01. The molecule has 0 bridgehead atoms. The van der Waals surface area contributed by atoms with Gasteiger partial charge >= 0.3 is 0 Å². The fraction of sp³-hybridized carbons (Fsp3) is 0.273. The lowest BCUT2D eigenvalue weighted by atomic mass is 10.1. The molecule has 1 unspecified atom stereocenters. The van der Waals surface area contributed by atoms with Gasteiger partial charge in [-0.25, -0.2) is 0 Å². The van der Waals surface area contributed by atoms with E-state index in [9.17, 15) is 5.11 Å². The van der Waals surface area contributed by atoms with Crippen LogP contribution in [0.25, 0.3) is 0 Å². The highest BCUT2D eigenvalue weighted by atomic mass is 79.9. The Labute approximate surface area is 102 Å². The van der Waals surface area contributed by atoms with Gasteiger partial charge in [0, 0.05) is 24.1 Å². The predicted molar refractivity (Wildman–Crippen MR) is 63.8 cm³/mol. The maximum atomic E-state index is 9.98. The van der Waals surface area contributed by atoms with Crippen molar-refractivity contribution in [2.75, 3.05) is 0 Å². The molecule has 0 saturated heterocycles. The van der Waals surface area contributed by atoms with E-state index in [2.05, 4.69) is 26.2 Å². The van der Waals surface area contributed by atoms with Gasteiger partial charge in [0.2, 0.25) is 0 Å². The molecule has 0 fully saturated rings. The van der Waals surface area contributed by atoms with E-state index in [1.165, 1.54) is 0 Å². The molecule has 1 atom stereocenters. The fourth-order valence-corrected chi connectivity index (χ4v) is 1.75. The minimum absolute atomic E-state index is 0.482. The molecule has 1 N–H and O–H groups in total. The van der Waals surface area contributed by atoms with Gasteiger partial charge in [0.15, 0.2) is 0 Å². The third-order valence-corrected chi connectivity index (χ3v) is 2.84. The molecule has 0 aliphatic heterocycles. The van der Waals surface area contributed by atoms with Crippen LogP contribution < -0.4 is 0 Å². The summed E-state index contributed by atoms with van der Waals surface area (Å²) in [6.45, 7) is 0. The fourth-order valence-electron chi connectivity index (χ4n) is 1.49. The lowest BCUT2D eigenvalue weighted by molar-refractivity contribution is 0.177. The third-order valence-electron chi connectivity index (χ3n) is 2.31. The Balaban J connectivity index is 2.08. The molecule has 4 nitrogen and oxygen atoms in total. The minimum Gasteiger partial charge on any atom is -0.388 e. The average molecular weight is 282 g/mol. The summed E-state index contributed by atoms with van der Waals surface area (Å²) in [5.74, 6) is 0. The SMILES string of the molecule is Cn1cc(CC(O)c2ccc(Br)cc2)nn1. The van der Waals surface area contributed by atoms with Gasteiger partial charge in [-0.3, -0.25) is 4.68 Å². The van der Waals surface area contributed by atoms with Crippen LogP contribution in [0.5, 0.6) is 0 Å². The first-order valence-corrected chi connectivity index (χ1v) is 5.73. The van der Waals surface area contributed by atoms with Crippen LogP contribution in [0.2, 0.25) is 0 Å². The maximum Gasteiger partial charge on any atom is 0.0856 e. The molecule has 0 aliphatic carbocycles. The zero-order valence-corrected chi connectivity index (χ0v) is 10.4. The Morgan fingerprint density at radius 3 is 2.62 bits per heavy atom. The van der Waals surface area contributed by atoms with Crippen molar-refractivity contribution < 1.29 is 5.11 Å². The van der Waals surface area contributed by atoms with Crippen molar-refractivity contribution in [3.63, 3.8) is 0 Å². The van der Waals surface area contributed by atoms with E-state index in [1.807, 2.05) is 37.5 Å². The van der Waals surface area contributed by atoms with E-state index in [0.29, 0.717) is 6.42 Å². The zero-order chi connectivity index (χ0) is 11.5. The van der Waals surface area contributed by atoms with Gasteiger partial charge < -0.3 is 5.11 Å². The lowest BCUT2D eigenvalue weighted by Gasteiger charge is -2.08. The molecule has 0 aliphatic rings. The first-order chi connectivity index (χ1) is 7.65. The Morgan fingerprint density at radius 1 is 1.38 bits per heavy atom. The summed E-state index contributed by atoms with van der Waals surface area (Å²) in [5, 5.41) is 17.7. The highest BCUT2D eigenvalue weighted by Gasteiger charge is 2.10. The molecule has 2 rings (SSSR count). The van der Waals surface area contributed by atoms with Crippen LogP contribution in [0.3, 0.4) is 0 Å². The third kappa shape index (κ3) is 2.68. The second-order valence-corrected chi connectivity index (χ2v) is 4.57. The molecule has 1 aromatic carbocycles. The van der Waals surface area contributed by atoms with E-state index in [0.717, 1.165) is 15.7 Å². The first kappa shape index (κ1) is 11.3. The molecule has 16 heavy (non-hydrogen) atoms. The summed E-state index contributed by atoms with van der Waals surface area (Å²) >= 11 is 3.36. The van der Waals surface area contributed by atoms with E-state index in [4.69, 9.17) is 0 Å². The molecule has 0 spiro atoms. The van der Waals surface area contributed by atoms with Gasteiger partial charge in [-0.2, -0.15) is 0 Å². The predicted octanol–water partition coefficient (Wildman–Crippen LogP) is 1.85. The minimum atomic E-state index is -0.537. The first-order valence-electron chi connectivity index (χ1n) is 4.94. The molecule has 1 heterocycles. The summed E-state index contributed by atoms with van der Waals surface area (Å²) in [6.07, 6.45) is 1.75. The van der Waals surface area contributed by atoms with Gasteiger partial charge in [0.25, 0.3) is 0 Å². The van der Waals surface area contributed by atoms with Crippen LogP contribution in [0.15, 0.2) is 34.9 Å². The second kappa shape index (κ2) is 4.76. The van der Waals surface area contributed by atoms with Crippen molar-refractivity contribution in [2.24, 2.45) is 7.05 Å². The van der Waals surface area contributed by atoms with Crippen molar-refractivity contribution in [2.45, 2.75) is 12.5 Å². The summed E-state index contributed by atoms with van der Waals surface area (Å²) in [6, 6.07) is 7.61. The van der Waals surface area contributed by atoms with Crippen LogP contribution in [-0.2, 0) is 13.5 Å². The van der Waals surface area contributed by atoms with Crippen LogP contribution >= 0.6 is 15.9 Å². The monoisotopic (exact) mass is 281 g/mol. The van der Waals surface area contributed by atoms with Crippen molar-refractivity contribution >= 4 is 15.9 Å². The van der Waals surface area contributed by atoms with Crippen molar-refractivity contribution in [3.8, 4) is 0 Å². The molecule has 2 aromatic rings. The number of aliphatic hydroxyl groups excluding tert-OH is 1. The molecule has 0 amide bonds. The standard InChI is InChI=1S/C11H12BrN3O/c1-15-7-10(13-14-15)6-11(16)8-2-4-9(12)5-3-8/h2-5,7,11,16H,6H2,1H3. The van der Waals surface area contributed by atoms with E-state index >= 15 is 0 Å². The number of benzene rings is 1. The van der Waals surface area contributed by atoms with Crippen molar-refractivity contribution in [1.82, 2.24) is 15.0 Å². The second-order valence-electron chi connectivity index (χ2n) is 3.66. The number of aryl methyl sites for hydroxylation is 1. The normalized spacial score (nSPS) is 12.7. The molecule has 5 heteroatoms. The Morgan fingerprint density at radius 2 is 2.06 bits per heavy atom. The summed E-state index contributed by atoms with van der Waals surface area (Å²) < 4.78 is 2.63. The molecular formula is C11H12BrN3O. The molecular weight excluding hydrogens is 270 g/mol. The number of nitrogens with zero attached hydrogens (tertiary/aromatic N) is 3. The van der Waals surface area contributed by atoms with Crippen molar-refractivity contribution in [1.29, 1.82) is 0 Å². The Kier molecular flexibility index (Phi) is 3.36. The zero-order valence-electron chi connectivity index (χ0n) is 8.84. The summed E-state index contributed by atoms with van der Waals surface area (Å²) in [7, 11) is 1.81. The van der Waals surface area contributed by atoms with Crippen LogP contribution in [-0.4, -0.2) is 20.1 Å². The van der Waals surface area contributed by atoms with Gasteiger partial charge in [-0.15, -0.1) is 5.10 Å². The van der Waals surface area contributed by atoms with Crippen LogP contribution in [0.1, 0.15) is 17.4 Å². The van der Waals surface area contributed by atoms with Gasteiger partial charge in [-0.05, 0) is 17.7 Å². The van der Waals surface area contributed by atoms with E-state index in [-0.39, 0.29) is 0 Å². The highest BCUT2D eigenvalue weighted by Crippen LogP contribution is 2.19. The summed E-state index contributed by atoms with van der Waals surface area (Å²) in [5.41, 5.74) is 1.67. The van der Waals surface area contributed by atoms with E-state index < -0.39 is 6.10 Å². The quantitative estimate of drug-likeness (QED) is 0.934. The number of hydrogen-bond donors (Lipinski definition) is 1. The molecule has 0 saturated carbocycles. The van der Waals surface area contributed by atoms with E-state index in [1.54, 1.807) is 4.68 Å². The summed E-state index contributed by atoms with van der Waals surface area (Å²) in [4.78, 5) is 0. The number of aromatic nitrogens is 3. The average Bonchev–Trinajstić information content (AvgIpc) is 2.65. The molecule has 0 radical (unpaired) electrons. The topological polar surface area (TPSA) is 50.9 Å². The number of rotatable bonds is 3. The Hall–Kier alpha value is -1.20. The molecule has 84 valence electrons. The van der Waals surface area contributed by atoms with Crippen LogP contribution in [0, 0.1) is 0 Å². The van der Waals surface area contributed by atoms with Crippen molar-refractivity contribution in [3.05, 3.63) is 46.2 Å². The number of halogens is 1.